The number of likely N-dealkylation sites (N-methyl/N-ethyl adjacent to an activating group) is 1. The standard InChI is InChI=1S/C16H27NO2.ClH/c1-17(2)5-6-19-15(18)16-4-3-12-7-13(10-16)9-14(8-12)11-16;/h12-14H,3-11H2,1-2H3;1H. The van der Waals surface area contributed by atoms with Crippen molar-refractivity contribution in [3.63, 3.8) is 0 Å². The van der Waals surface area contributed by atoms with E-state index in [1.165, 1.54) is 30.6 Å². The number of hydrogen-bond acceptors (Lipinski definition) is 2. The van der Waals surface area contributed by atoms with Crippen molar-refractivity contribution >= 4 is 5.97 Å². The highest BCUT2D eigenvalue weighted by molar-refractivity contribution is 5.77. The Morgan fingerprint density at radius 1 is 1.15 bits per heavy atom. The Kier molecular flexibility index (Phi) is 5.01. The van der Waals surface area contributed by atoms with Gasteiger partial charge < -0.3 is 22.0 Å². The molecule has 4 saturated carbocycles. The number of carbonyl (C=O) groups excluding carboxylic acids is 1. The Morgan fingerprint density at radius 3 is 2.35 bits per heavy atom. The van der Waals surface area contributed by atoms with Gasteiger partial charge in [-0.2, -0.15) is 0 Å². The van der Waals surface area contributed by atoms with Crippen LogP contribution in [0.4, 0.5) is 0 Å². The SMILES string of the molecule is C[NH+](C)CCOC(=O)C12CCC3CC(CC(C3)C1)C2.[Cl-]. The number of esters is 1. The Labute approximate surface area is 128 Å². The lowest BCUT2D eigenvalue weighted by Gasteiger charge is -2.43. The zero-order valence-corrected chi connectivity index (χ0v) is 13.5. The fourth-order valence-electron chi connectivity index (χ4n) is 4.91. The van der Waals surface area contributed by atoms with Crippen LogP contribution in [0, 0.1) is 23.2 Å². The summed E-state index contributed by atoms with van der Waals surface area (Å²) >= 11 is 0. The van der Waals surface area contributed by atoms with Crippen LogP contribution in [0.5, 0.6) is 0 Å². The van der Waals surface area contributed by atoms with Crippen molar-refractivity contribution in [3.8, 4) is 0 Å². The Hall–Kier alpha value is -0.280. The van der Waals surface area contributed by atoms with E-state index in [2.05, 4.69) is 14.1 Å². The predicted octanol–water partition coefficient (Wildman–Crippen LogP) is -1.72. The van der Waals surface area contributed by atoms with Crippen LogP contribution in [0.15, 0.2) is 0 Å². The number of quaternary nitrogens is 1. The lowest BCUT2D eigenvalue weighted by atomic mass is 9.61. The highest BCUT2D eigenvalue weighted by atomic mass is 35.5. The minimum atomic E-state index is -0.0967. The van der Waals surface area contributed by atoms with Gasteiger partial charge in [0.2, 0.25) is 0 Å². The van der Waals surface area contributed by atoms with E-state index in [-0.39, 0.29) is 23.8 Å². The molecular formula is C16H28ClNO2. The van der Waals surface area contributed by atoms with Crippen molar-refractivity contribution in [2.24, 2.45) is 23.2 Å². The van der Waals surface area contributed by atoms with Gasteiger partial charge in [0.05, 0.1) is 19.5 Å². The first-order valence-corrected chi connectivity index (χ1v) is 8.04. The second-order valence-electron chi connectivity index (χ2n) is 7.63. The summed E-state index contributed by atoms with van der Waals surface area (Å²) in [6.45, 7) is 1.50. The zero-order valence-electron chi connectivity index (χ0n) is 12.8. The van der Waals surface area contributed by atoms with Crippen molar-refractivity contribution in [1.29, 1.82) is 0 Å². The summed E-state index contributed by atoms with van der Waals surface area (Å²) in [5, 5.41) is 0. The second kappa shape index (κ2) is 6.23. The molecule has 4 heteroatoms. The van der Waals surface area contributed by atoms with Gasteiger partial charge in [0.15, 0.2) is 0 Å². The molecule has 0 aromatic rings. The number of ether oxygens (including phenoxy) is 1. The molecule has 0 heterocycles. The van der Waals surface area contributed by atoms with Gasteiger partial charge in [0.1, 0.15) is 13.2 Å². The van der Waals surface area contributed by atoms with Crippen LogP contribution < -0.4 is 17.3 Å². The highest BCUT2D eigenvalue weighted by Crippen LogP contribution is 2.57. The number of fused-ring (bicyclic) bond motifs is 1. The molecule has 0 saturated heterocycles. The summed E-state index contributed by atoms with van der Waals surface area (Å²) in [5.41, 5.74) is -0.0967. The predicted molar refractivity (Wildman–Crippen MR) is 73.9 cm³/mol. The second-order valence-corrected chi connectivity index (χ2v) is 7.63. The van der Waals surface area contributed by atoms with Crippen molar-refractivity contribution in [2.75, 3.05) is 27.2 Å². The molecule has 0 spiro atoms. The minimum Gasteiger partial charge on any atom is -1.00 e. The highest BCUT2D eigenvalue weighted by Gasteiger charge is 2.52. The number of rotatable bonds is 4. The van der Waals surface area contributed by atoms with Gasteiger partial charge in [0.25, 0.3) is 0 Å². The molecule has 0 amide bonds. The summed E-state index contributed by atoms with van der Waals surface area (Å²) in [7, 11) is 4.20. The summed E-state index contributed by atoms with van der Waals surface area (Å²) in [5.74, 6) is 2.66. The van der Waals surface area contributed by atoms with Gasteiger partial charge in [-0.3, -0.25) is 4.79 Å². The molecule has 1 N–H and O–H groups in total. The smallest absolute Gasteiger partial charge is 0.312 e. The van der Waals surface area contributed by atoms with Crippen molar-refractivity contribution in [1.82, 2.24) is 0 Å². The van der Waals surface area contributed by atoms with E-state index in [0.29, 0.717) is 6.61 Å². The first kappa shape index (κ1) is 16.1. The largest absolute Gasteiger partial charge is 1.00 e. The molecule has 4 rings (SSSR count). The molecule has 2 atom stereocenters. The van der Waals surface area contributed by atoms with Crippen molar-refractivity contribution in [3.05, 3.63) is 0 Å². The fraction of sp³-hybridized carbons (Fsp3) is 0.938. The molecule has 0 aromatic carbocycles. The van der Waals surface area contributed by atoms with Crippen LogP contribution >= 0.6 is 0 Å². The van der Waals surface area contributed by atoms with Gasteiger partial charge in [-0.25, -0.2) is 0 Å². The van der Waals surface area contributed by atoms with Gasteiger partial charge in [0, 0.05) is 0 Å². The minimum absolute atomic E-state index is 0. The van der Waals surface area contributed by atoms with Crippen LogP contribution in [-0.2, 0) is 9.53 Å². The summed E-state index contributed by atoms with van der Waals surface area (Å²) < 4.78 is 5.63. The molecule has 4 aliphatic rings. The molecule has 4 aliphatic carbocycles. The summed E-state index contributed by atoms with van der Waals surface area (Å²) in [4.78, 5) is 13.9. The van der Waals surface area contributed by atoms with Gasteiger partial charge in [-0.1, -0.05) is 0 Å². The van der Waals surface area contributed by atoms with Crippen LogP contribution in [-0.4, -0.2) is 33.2 Å². The molecular weight excluding hydrogens is 274 g/mol. The van der Waals surface area contributed by atoms with E-state index >= 15 is 0 Å². The first-order chi connectivity index (χ1) is 9.07. The quantitative estimate of drug-likeness (QED) is 0.627. The fourth-order valence-corrected chi connectivity index (χ4v) is 4.91. The molecule has 3 nitrogen and oxygen atoms in total. The third kappa shape index (κ3) is 3.14. The molecule has 4 fully saturated rings. The van der Waals surface area contributed by atoms with Crippen LogP contribution in [0.3, 0.4) is 0 Å². The van der Waals surface area contributed by atoms with Crippen LogP contribution in [0.2, 0.25) is 0 Å². The van der Waals surface area contributed by atoms with E-state index in [1.54, 1.807) is 0 Å². The van der Waals surface area contributed by atoms with E-state index in [9.17, 15) is 4.79 Å². The Balaban J connectivity index is 0.00000147. The molecule has 116 valence electrons. The number of halogens is 1. The third-order valence-corrected chi connectivity index (χ3v) is 5.66. The lowest BCUT2D eigenvalue weighted by Crippen LogP contribution is -3.06. The van der Waals surface area contributed by atoms with E-state index in [4.69, 9.17) is 4.74 Å². The van der Waals surface area contributed by atoms with E-state index in [0.717, 1.165) is 43.6 Å². The normalized spacial score (nSPS) is 38.5. The number of carbonyl (C=O) groups is 1. The third-order valence-electron chi connectivity index (χ3n) is 5.66. The van der Waals surface area contributed by atoms with Crippen LogP contribution in [0.25, 0.3) is 0 Å². The van der Waals surface area contributed by atoms with Crippen LogP contribution in [0.1, 0.15) is 44.9 Å². The number of nitrogens with one attached hydrogen (secondary N) is 1. The van der Waals surface area contributed by atoms with E-state index < -0.39 is 0 Å². The molecule has 0 aromatic heterocycles. The van der Waals surface area contributed by atoms with Crippen molar-refractivity contribution < 1.29 is 26.8 Å². The maximum atomic E-state index is 12.6. The van der Waals surface area contributed by atoms with Gasteiger partial charge in [-0.05, 0) is 62.7 Å². The Bertz CT molecular complexity index is 344. The maximum Gasteiger partial charge on any atom is 0.312 e. The topological polar surface area (TPSA) is 30.7 Å². The summed E-state index contributed by atoms with van der Waals surface area (Å²) in [6, 6.07) is 0. The maximum absolute atomic E-state index is 12.6. The number of hydrogen-bond donors (Lipinski definition) is 1. The molecule has 0 aliphatic heterocycles. The lowest BCUT2D eigenvalue weighted by molar-refractivity contribution is -0.858. The van der Waals surface area contributed by atoms with E-state index in [1.807, 2.05) is 0 Å². The molecule has 4 bridgehead atoms. The first-order valence-electron chi connectivity index (χ1n) is 8.04. The van der Waals surface area contributed by atoms with Crippen molar-refractivity contribution in [2.45, 2.75) is 44.9 Å². The average Bonchev–Trinajstić information content (AvgIpc) is 2.54. The zero-order chi connectivity index (χ0) is 13.5. The van der Waals surface area contributed by atoms with Gasteiger partial charge in [-0.15, -0.1) is 0 Å². The molecule has 2 unspecified atom stereocenters. The Morgan fingerprint density at radius 2 is 1.75 bits per heavy atom. The monoisotopic (exact) mass is 301 g/mol. The molecule has 0 radical (unpaired) electrons. The average molecular weight is 302 g/mol. The van der Waals surface area contributed by atoms with Gasteiger partial charge >= 0.3 is 5.97 Å². The summed E-state index contributed by atoms with van der Waals surface area (Å²) in [6.07, 6.45) is 8.74. The molecule has 20 heavy (non-hydrogen) atoms.